The van der Waals surface area contributed by atoms with Gasteiger partial charge in [-0.25, -0.2) is 4.79 Å². The third kappa shape index (κ3) is 2.96. The summed E-state index contributed by atoms with van der Waals surface area (Å²) in [5, 5.41) is 8.89. The zero-order valence-corrected chi connectivity index (χ0v) is 10.2. The Labute approximate surface area is 104 Å². The molecule has 2 heterocycles. The number of carboxylic acid groups (broad SMARTS) is 1. The summed E-state index contributed by atoms with van der Waals surface area (Å²) in [7, 11) is 1.99. The first-order valence-corrected chi connectivity index (χ1v) is 5.80. The lowest BCUT2D eigenvalue weighted by Crippen LogP contribution is -2.43. The minimum Gasteiger partial charge on any atom is -0.478 e. The van der Waals surface area contributed by atoms with Crippen molar-refractivity contribution in [1.82, 2.24) is 9.47 Å². The van der Waals surface area contributed by atoms with Crippen LogP contribution in [-0.4, -0.2) is 53.4 Å². The Kier molecular flexibility index (Phi) is 3.78. The summed E-state index contributed by atoms with van der Waals surface area (Å²) in [5.74, 6) is -1.04. The zero-order chi connectivity index (χ0) is 13.1. The number of aromatic nitrogens is 1. The van der Waals surface area contributed by atoms with Crippen molar-refractivity contribution in [3.8, 4) is 0 Å². The monoisotopic (exact) mass is 252 g/mol. The molecule has 18 heavy (non-hydrogen) atoms. The fourth-order valence-corrected chi connectivity index (χ4v) is 2.00. The standard InChI is InChI=1S/C12H16N2O4/c1-13-4-5-18-10(7-13)8-14-6-9(12(16)17)2-3-11(14)15/h2-3,6,10H,4-5,7-8H2,1H3,(H,16,17). The molecule has 0 saturated carbocycles. The van der Waals surface area contributed by atoms with Gasteiger partial charge in [-0.05, 0) is 13.1 Å². The molecule has 1 aromatic rings. The quantitative estimate of drug-likeness (QED) is 0.812. The van der Waals surface area contributed by atoms with Gasteiger partial charge in [0.1, 0.15) is 0 Å². The molecule has 0 aromatic carbocycles. The molecule has 98 valence electrons. The van der Waals surface area contributed by atoms with Crippen molar-refractivity contribution in [3.63, 3.8) is 0 Å². The van der Waals surface area contributed by atoms with E-state index in [1.54, 1.807) is 0 Å². The average Bonchev–Trinajstić information content (AvgIpc) is 2.31. The SMILES string of the molecule is CN1CCOC(Cn2cc(C(=O)O)ccc2=O)C1. The molecular formula is C12H16N2O4. The summed E-state index contributed by atoms with van der Waals surface area (Å²) in [5.41, 5.74) is -0.101. The summed E-state index contributed by atoms with van der Waals surface area (Å²) in [6.45, 7) is 2.63. The normalized spacial score (nSPS) is 20.8. The van der Waals surface area contributed by atoms with Crippen LogP contribution in [0.3, 0.4) is 0 Å². The average molecular weight is 252 g/mol. The van der Waals surface area contributed by atoms with Gasteiger partial charge in [0, 0.05) is 25.4 Å². The molecule has 0 radical (unpaired) electrons. The third-order valence-corrected chi connectivity index (χ3v) is 2.97. The van der Waals surface area contributed by atoms with Gasteiger partial charge < -0.3 is 19.3 Å². The Bertz CT molecular complexity index is 497. The Morgan fingerprint density at radius 3 is 3.00 bits per heavy atom. The second-order valence-corrected chi connectivity index (χ2v) is 4.47. The number of likely N-dealkylation sites (N-methyl/N-ethyl adjacent to an activating group) is 1. The van der Waals surface area contributed by atoms with Gasteiger partial charge in [-0.3, -0.25) is 4.79 Å². The number of ether oxygens (including phenoxy) is 1. The molecule has 6 heteroatoms. The molecule has 0 amide bonds. The maximum absolute atomic E-state index is 11.7. The van der Waals surface area contributed by atoms with E-state index in [9.17, 15) is 9.59 Å². The third-order valence-electron chi connectivity index (χ3n) is 2.97. The molecule has 0 aliphatic carbocycles. The molecule has 0 spiro atoms. The molecule has 1 N–H and O–H groups in total. The second-order valence-electron chi connectivity index (χ2n) is 4.47. The van der Waals surface area contributed by atoms with E-state index in [0.29, 0.717) is 13.2 Å². The largest absolute Gasteiger partial charge is 0.478 e. The predicted molar refractivity (Wildman–Crippen MR) is 64.9 cm³/mol. The van der Waals surface area contributed by atoms with Crippen LogP contribution in [0.15, 0.2) is 23.1 Å². The van der Waals surface area contributed by atoms with Crippen LogP contribution < -0.4 is 5.56 Å². The number of carbonyl (C=O) groups is 1. The first-order chi connectivity index (χ1) is 8.56. The Morgan fingerprint density at radius 1 is 1.56 bits per heavy atom. The Morgan fingerprint density at radius 2 is 2.33 bits per heavy atom. The van der Waals surface area contributed by atoms with Crippen molar-refractivity contribution in [2.75, 3.05) is 26.7 Å². The molecule has 1 atom stereocenters. The van der Waals surface area contributed by atoms with E-state index < -0.39 is 5.97 Å². The van der Waals surface area contributed by atoms with Crippen LogP contribution in [0, 0.1) is 0 Å². The lowest BCUT2D eigenvalue weighted by Gasteiger charge is -2.30. The van der Waals surface area contributed by atoms with Crippen LogP contribution in [0.5, 0.6) is 0 Å². The fourth-order valence-electron chi connectivity index (χ4n) is 2.00. The van der Waals surface area contributed by atoms with E-state index in [-0.39, 0.29) is 17.2 Å². The molecule has 2 rings (SSSR count). The molecular weight excluding hydrogens is 236 g/mol. The zero-order valence-electron chi connectivity index (χ0n) is 10.2. The van der Waals surface area contributed by atoms with Crippen molar-refractivity contribution >= 4 is 5.97 Å². The van der Waals surface area contributed by atoms with E-state index in [2.05, 4.69) is 4.90 Å². The van der Waals surface area contributed by atoms with Gasteiger partial charge in [-0.2, -0.15) is 0 Å². The van der Waals surface area contributed by atoms with E-state index in [4.69, 9.17) is 9.84 Å². The van der Waals surface area contributed by atoms with Crippen LogP contribution in [0.25, 0.3) is 0 Å². The van der Waals surface area contributed by atoms with Gasteiger partial charge in [0.05, 0.1) is 24.8 Å². The van der Waals surface area contributed by atoms with Crippen LogP contribution in [-0.2, 0) is 11.3 Å². The van der Waals surface area contributed by atoms with E-state index in [0.717, 1.165) is 13.1 Å². The summed E-state index contributed by atoms with van der Waals surface area (Å²) < 4.78 is 6.95. The molecule has 0 bridgehead atoms. The lowest BCUT2D eigenvalue weighted by atomic mass is 10.2. The van der Waals surface area contributed by atoms with E-state index in [1.165, 1.54) is 22.9 Å². The maximum Gasteiger partial charge on any atom is 0.337 e. The van der Waals surface area contributed by atoms with Crippen molar-refractivity contribution in [2.45, 2.75) is 12.6 Å². The number of morpholine rings is 1. The molecule has 1 fully saturated rings. The smallest absolute Gasteiger partial charge is 0.337 e. The molecule has 1 saturated heterocycles. The van der Waals surface area contributed by atoms with Crippen LogP contribution in [0.2, 0.25) is 0 Å². The Hall–Kier alpha value is -1.66. The number of hydrogen-bond donors (Lipinski definition) is 1. The highest BCUT2D eigenvalue weighted by Crippen LogP contribution is 2.05. The number of hydrogen-bond acceptors (Lipinski definition) is 4. The summed E-state index contributed by atoms with van der Waals surface area (Å²) in [4.78, 5) is 24.6. The van der Waals surface area contributed by atoms with Crippen molar-refractivity contribution in [2.24, 2.45) is 0 Å². The number of aromatic carboxylic acids is 1. The number of rotatable bonds is 3. The van der Waals surface area contributed by atoms with Gasteiger partial charge in [0.2, 0.25) is 0 Å². The minimum absolute atomic E-state index is 0.0782. The number of pyridine rings is 1. The number of nitrogens with zero attached hydrogens (tertiary/aromatic N) is 2. The molecule has 1 aliphatic rings. The minimum atomic E-state index is -1.04. The lowest BCUT2D eigenvalue weighted by molar-refractivity contribution is -0.0279. The summed E-state index contributed by atoms with van der Waals surface area (Å²) in [6, 6.07) is 2.59. The fraction of sp³-hybridized carbons (Fsp3) is 0.500. The first-order valence-electron chi connectivity index (χ1n) is 5.80. The van der Waals surface area contributed by atoms with Crippen molar-refractivity contribution < 1.29 is 14.6 Å². The van der Waals surface area contributed by atoms with Gasteiger partial charge >= 0.3 is 5.97 Å². The molecule has 6 nitrogen and oxygen atoms in total. The first kappa shape index (κ1) is 12.8. The van der Waals surface area contributed by atoms with Crippen LogP contribution >= 0.6 is 0 Å². The van der Waals surface area contributed by atoms with Crippen LogP contribution in [0.1, 0.15) is 10.4 Å². The highest BCUT2D eigenvalue weighted by Gasteiger charge is 2.18. The highest BCUT2D eigenvalue weighted by atomic mass is 16.5. The maximum atomic E-state index is 11.7. The molecule has 1 unspecified atom stereocenters. The number of carboxylic acids is 1. The van der Waals surface area contributed by atoms with Gasteiger partial charge in [-0.15, -0.1) is 0 Å². The summed E-state index contributed by atoms with van der Waals surface area (Å²) >= 11 is 0. The second kappa shape index (κ2) is 5.32. The van der Waals surface area contributed by atoms with Crippen molar-refractivity contribution in [3.05, 3.63) is 34.2 Å². The van der Waals surface area contributed by atoms with Gasteiger partial charge in [-0.1, -0.05) is 0 Å². The molecule has 1 aliphatic heterocycles. The predicted octanol–water partition coefficient (Wildman–Crippen LogP) is -0.123. The van der Waals surface area contributed by atoms with Crippen LogP contribution in [0.4, 0.5) is 0 Å². The van der Waals surface area contributed by atoms with Crippen molar-refractivity contribution in [1.29, 1.82) is 0 Å². The Balaban J connectivity index is 2.15. The van der Waals surface area contributed by atoms with Gasteiger partial charge in [0.25, 0.3) is 5.56 Å². The molecule has 1 aromatic heterocycles. The highest BCUT2D eigenvalue weighted by molar-refractivity contribution is 5.87. The summed E-state index contributed by atoms with van der Waals surface area (Å²) in [6.07, 6.45) is 1.29. The topological polar surface area (TPSA) is 71.8 Å². The van der Waals surface area contributed by atoms with E-state index in [1.807, 2.05) is 7.05 Å². The van der Waals surface area contributed by atoms with E-state index >= 15 is 0 Å². The van der Waals surface area contributed by atoms with Gasteiger partial charge in [0.15, 0.2) is 0 Å².